The number of rotatable bonds is 5. The summed E-state index contributed by atoms with van der Waals surface area (Å²) in [6.45, 7) is 17.5. The Hall–Kier alpha value is -4.54. The molecule has 0 amide bonds. The number of hydrogen-bond donors (Lipinski definition) is 0. The fourth-order valence-electron chi connectivity index (χ4n) is 6.08. The summed E-state index contributed by atoms with van der Waals surface area (Å²) in [5, 5.41) is 0. The van der Waals surface area contributed by atoms with Crippen LogP contribution in [-0.4, -0.2) is 47.0 Å². The third kappa shape index (κ3) is 12.7. The van der Waals surface area contributed by atoms with Crippen molar-refractivity contribution in [3.63, 3.8) is 0 Å². The number of benzene rings is 2. The number of pyridine rings is 2. The largest absolute Gasteiger partial charge is 0.301 e. The van der Waals surface area contributed by atoms with Gasteiger partial charge in [-0.05, 0) is 84.7 Å². The lowest BCUT2D eigenvalue weighted by atomic mass is 9.84. The van der Waals surface area contributed by atoms with Gasteiger partial charge in [-0.3, -0.25) is 0 Å². The van der Waals surface area contributed by atoms with E-state index in [9.17, 15) is 8.78 Å². The molecule has 0 fully saturated rings. The molecule has 2 aliphatic heterocycles. The highest BCUT2D eigenvalue weighted by Gasteiger charge is 2.29. The highest BCUT2D eigenvalue weighted by atomic mass is 35.5. The topological polar surface area (TPSA) is 32.3 Å². The SMILES string of the molecule is C=CC=C.C=CC=C.CN1CCc2cc(Cl)sc2C1.CN1Cc2sc(Cl)cc2C(c2ccccc2-c2cccnc2F)C1.Fc1ncccc1-c1ccccc1. The third-order valence-electron chi connectivity index (χ3n) is 8.70. The van der Waals surface area contributed by atoms with Gasteiger partial charge in [-0.1, -0.05) is 128 Å². The van der Waals surface area contributed by atoms with Crippen molar-refractivity contribution < 1.29 is 8.78 Å². The van der Waals surface area contributed by atoms with E-state index in [0.717, 1.165) is 51.4 Å². The quantitative estimate of drug-likeness (QED) is 0.128. The lowest BCUT2D eigenvalue weighted by Crippen LogP contribution is -2.30. The van der Waals surface area contributed by atoms with Gasteiger partial charge in [0.2, 0.25) is 11.9 Å². The molecule has 56 heavy (non-hydrogen) atoms. The highest BCUT2D eigenvalue weighted by Crippen LogP contribution is 2.42. The van der Waals surface area contributed by atoms with E-state index in [1.807, 2.05) is 48.5 Å². The molecule has 4 aromatic heterocycles. The van der Waals surface area contributed by atoms with Gasteiger partial charge in [0.1, 0.15) is 0 Å². The molecule has 0 spiro atoms. The van der Waals surface area contributed by atoms with Crippen molar-refractivity contribution in [2.24, 2.45) is 0 Å². The molecule has 1 unspecified atom stereocenters. The monoisotopic (exact) mass is 826 g/mol. The second kappa shape index (κ2) is 22.9. The van der Waals surface area contributed by atoms with Crippen LogP contribution in [0.2, 0.25) is 8.67 Å². The van der Waals surface area contributed by atoms with Crippen LogP contribution in [0.5, 0.6) is 0 Å². The molecule has 0 radical (unpaired) electrons. The van der Waals surface area contributed by atoms with Gasteiger partial charge in [-0.25, -0.2) is 9.97 Å². The summed E-state index contributed by atoms with van der Waals surface area (Å²) >= 11 is 15.5. The minimum atomic E-state index is -0.433. The first-order chi connectivity index (χ1) is 27.1. The zero-order valence-corrected chi connectivity index (χ0v) is 34.8. The van der Waals surface area contributed by atoms with Crippen molar-refractivity contribution in [3.05, 3.63) is 201 Å². The number of thiophene rings is 2. The summed E-state index contributed by atoms with van der Waals surface area (Å²) in [5.41, 5.74) is 6.68. The zero-order chi connectivity index (χ0) is 40.5. The molecule has 6 heterocycles. The van der Waals surface area contributed by atoms with Gasteiger partial charge in [-0.15, -0.1) is 22.7 Å². The molecular formula is C46H46Cl2F2N4S2. The maximum absolute atomic E-state index is 14.3. The van der Waals surface area contributed by atoms with Crippen molar-refractivity contribution in [1.29, 1.82) is 0 Å². The normalized spacial score (nSPS) is 14.2. The van der Waals surface area contributed by atoms with Gasteiger partial charge >= 0.3 is 0 Å². The Balaban J connectivity index is 0.000000183. The van der Waals surface area contributed by atoms with Gasteiger partial charge in [0.25, 0.3) is 0 Å². The molecule has 4 nitrogen and oxygen atoms in total. The number of nitrogens with zero attached hydrogens (tertiary/aromatic N) is 4. The van der Waals surface area contributed by atoms with Crippen LogP contribution in [-0.2, 0) is 19.5 Å². The Kier molecular flexibility index (Phi) is 18.0. The maximum atomic E-state index is 14.3. The highest BCUT2D eigenvalue weighted by molar-refractivity contribution is 7.16. The third-order valence-corrected chi connectivity index (χ3v) is 11.3. The van der Waals surface area contributed by atoms with E-state index in [4.69, 9.17) is 23.2 Å². The maximum Gasteiger partial charge on any atom is 0.220 e. The fraction of sp³-hybridized carbons (Fsp3) is 0.174. The average Bonchev–Trinajstić information content (AvgIpc) is 3.78. The predicted octanol–water partition coefficient (Wildman–Crippen LogP) is 13.2. The average molecular weight is 828 g/mol. The van der Waals surface area contributed by atoms with E-state index in [0.29, 0.717) is 11.1 Å². The standard InChI is InChI=1S/C19H16ClFN2S.C11H8FN.C8H10ClNS.2C4H6/c1-23-10-16(15-9-18(20)24-17(15)11-23)13-6-3-2-5-12(13)14-7-4-8-22-19(14)21;12-11-10(7-4-8-13-11)9-5-2-1-3-6-9;1-10-3-2-6-4-8(9)11-7(6)5-10;2*1-3-4-2/h2-9,16H,10-11H2,1H3;1-8H;4H,2-3,5H2,1H3;2*3-4H,1-2H2. The van der Waals surface area contributed by atoms with Crippen molar-refractivity contribution in [1.82, 2.24) is 19.8 Å². The number of likely N-dealkylation sites (N-methyl/N-ethyl adjacent to an activating group) is 2. The van der Waals surface area contributed by atoms with Crippen LogP contribution in [0, 0.1) is 11.9 Å². The molecule has 2 aliphatic rings. The molecule has 6 aromatic rings. The first-order valence-electron chi connectivity index (χ1n) is 17.8. The Labute approximate surface area is 348 Å². The van der Waals surface area contributed by atoms with Gasteiger partial charge < -0.3 is 9.80 Å². The van der Waals surface area contributed by atoms with E-state index < -0.39 is 11.9 Å². The summed E-state index contributed by atoms with van der Waals surface area (Å²) in [4.78, 5) is 14.8. The lowest BCUT2D eigenvalue weighted by molar-refractivity contribution is 0.299. The smallest absolute Gasteiger partial charge is 0.220 e. The van der Waals surface area contributed by atoms with Gasteiger partial charge in [0.05, 0.1) is 8.67 Å². The molecular weight excluding hydrogens is 782 g/mol. The number of fused-ring (bicyclic) bond motifs is 2. The first-order valence-corrected chi connectivity index (χ1v) is 20.2. The molecule has 2 aromatic carbocycles. The Morgan fingerprint density at radius 1 is 0.643 bits per heavy atom. The first kappa shape index (κ1) is 44.2. The van der Waals surface area contributed by atoms with E-state index in [2.05, 4.69) is 78.4 Å². The minimum absolute atomic E-state index is 0.179. The second-order valence-corrected chi connectivity index (χ2v) is 16.3. The number of allylic oxidation sites excluding steroid dienone is 4. The van der Waals surface area contributed by atoms with Crippen molar-refractivity contribution in [2.75, 3.05) is 27.2 Å². The van der Waals surface area contributed by atoms with Crippen LogP contribution in [0.3, 0.4) is 0 Å². The molecule has 1 atom stereocenters. The van der Waals surface area contributed by atoms with E-state index in [1.54, 1.807) is 71.2 Å². The van der Waals surface area contributed by atoms with Crippen LogP contribution in [0.4, 0.5) is 8.78 Å². The van der Waals surface area contributed by atoms with Crippen molar-refractivity contribution in [2.45, 2.75) is 25.4 Å². The molecule has 290 valence electrons. The van der Waals surface area contributed by atoms with Crippen molar-refractivity contribution in [3.8, 4) is 22.3 Å². The van der Waals surface area contributed by atoms with E-state index in [1.165, 1.54) is 39.8 Å². The number of hydrogen-bond acceptors (Lipinski definition) is 6. The van der Waals surface area contributed by atoms with Crippen molar-refractivity contribution >= 4 is 45.9 Å². The molecule has 0 saturated carbocycles. The predicted molar refractivity (Wildman–Crippen MR) is 237 cm³/mol. The van der Waals surface area contributed by atoms with E-state index >= 15 is 0 Å². The van der Waals surface area contributed by atoms with Crippen LogP contribution in [0.15, 0.2) is 154 Å². The Morgan fingerprint density at radius 2 is 1.18 bits per heavy atom. The van der Waals surface area contributed by atoms with Gasteiger partial charge in [0.15, 0.2) is 0 Å². The Bertz CT molecular complexity index is 2160. The summed E-state index contributed by atoms with van der Waals surface area (Å²) in [6.07, 6.45) is 10.6. The fourth-order valence-corrected chi connectivity index (χ4v) is 8.92. The zero-order valence-electron chi connectivity index (χ0n) is 31.7. The summed E-state index contributed by atoms with van der Waals surface area (Å²) in [6, 6.07) is 28.6. The molecule has 0 bridgehead atoms. The van der Waals surface area contributed by atoms with Gasteiger partial charge in [0, 0.05) is 65.4 Å². The number of aromatic nitrogens is 2. The summed E-state index contributed by atoms with van der Waals surface area (Å²) in [5.74, 6) is -0.676. The number of halogens is 4. The molecule has 0 saturated heterocycles. The molecule has 0 aliphatic carbocycles. The van der Waals surface area contributed by atoms with Crippen LogP contribution >= 0.6 is 45.9 Å². The lowest BCUT2D eigenvalue weighted by Gasteiger charge is -2.31. The van der Waals surface area contributed by atoms with Crippen LogP contribution in [0.25, 0.3) is 22.3 Å². The Morgan fingerprint density at radius 3 is 1.80 bits per heavy atom. The summed E-state index contributed by atoms with van der Waals surface area (Å²) in [7, 11) is 4.26. The van der Waals surface area contributed by atoms with Crippen LogP contribution in [0.1, 0.15) is 32.4 Å². The minimum Gasteiger partial charge on any atom is -0.301 e. The summed E-state index contributed by atoms with van der Waals surface area (Å²) < 4.78 is 29.2. The molecule has 8 rings (SSSR count). The molecule has 10 heteroatoms. The van der Waals surface area contributed by atoms with Gasteiger partial charge in [-0.2, -0.15) is 8.78 Å². The second-order valence-electron chi connectivity index (χ2n) is 12.7. The van der Waals surface area contributed by atoms with Crippen LogP contribution < -0.4 is 0 Å². The molecule has 0 N–H and O–H groups in total. The van der Waals surface area contributed by atoms with E-state index in [-0.39, 0.29) is 5.92 Å².